The van der Waals surface area contributed by atoms with E-state index < -0.39 is 5.41 Å². The van der Waals surface area contributed by atoms with Crippen molar-refractivity contribution in [1.82, 2.24) is 5.32 Å². The third-order valence-electron chi connectivity index (χ3n) is 2.52. The second-order valence-electron chi connectivity index (χ2n) is 4.41. The van der Waals surface area contributed by atoms with E-state index >= 15 is 0 Å². The van der Waals surface area contributed by atoms with Crippen LogP contribution >= 0.6 is 0 Å². The Balaban J connectivity index is 2.47. The average Bonchev–Trinajstić information content (AvgIpc) is 2.95. The van der Waals surface area contributed by atoms with Gasteiger partial charge in [-0.3, -0.25) is 9.59 Å². The lowest BCUT2D eigenvalue weighted by Gasteiger charge is -2.14. The normalized spacial score (nSPS) is 17.3. The molecule has 1 aliphatic rings. The lowest BCUT2D eigenvalue weighted by molar-refractivity contribution is -0.154. The molecule has 15 heavy (non-hydrogen) atoms. The van der Waals surface area contributed by atoms with E-state index in [9.17, 15) is 9.59 Å². The van der Waals surface area contributed by atoms with Crippen LogP contribution in [0.25, 0.3) is 0 Å². The molecule has 86 valence electrons. The van der Waals surface area contributed by atoms with Gasteiger partial charge in [0, 0.05) is 6.54 Å². The standard InChI is InChI=1S/C11H19NO3/c1-4-15-10(14)11(5-6-11)9(13)12-7-8(2)3/h8H,4-7H2,1-3H3,(H,12,13). The molecule has 4 nitrogen and oxygen atoms in total. The van der Waals surface area contributed by atoms with Crippen molar-refractivity contribution in [2.45, 2.75) is 33.6 Å². The molecule has 0 spiro atoms. The molecule has 1 amide bonds. The number of ether oxygens (including phenoxy) is 1. The quantitative estimate of drug-likeness (QED) is 0.549. The number of amides is 1. The Kier molecular flexibility index (Phi) is 3.72. The summed E-state index contributed by atoms with van der Waals surface area (Å²) in [7, 11) is 0. The molecule has 0 radical (unpaired) electrons. The van der Waals surface area contributed by atoms with Crippen molar-refractivity contribution in [3.8, 4) is 0 Å². The molecule has 4 heteroatoms. The van der Waals surface area contributed by atoms with Gasteiger partial charge in [-0.25, -0.2) is 0 Å². The van der Waals surface area contributed by atoms with Gasteiger partial charge in [0.1, 0.15) is 5.41 Å². The predicted molar refractivity (Wildman–Crippen MR) is 56.1 cm³/mol. The lowest BCUT2D eigenvalue weighted by atomic mass is 10.1. The van der Waals surface area contributed by atoms with Crippen LogP contribution < -0.4 is 5.32 Å². The van der Waals surface area contributed by atoms with Gasteiger partial charge in [0.15, 0.2) is 0 Å². The summed E-state index contributed by atoms with van der Waals surface area (Å²) in [4.78, 5) is 23.3. The molecule has 0 bridgehead atoms. The number of carbonyl (C=O) groups excluding carboxylic acids is 2. The minimum atomic E-state index is -0.856. The van der Waals surface area contributed by atoms with E-state index in [0.29, 0.717) is 31.9 Å². The summed E-state index contributed by atoms with van der Waals surface area (Å²) in [6, 6.07) is 0. The Bertz CT molecular complexity index is 257. The Hall–Kier alpha value is -1.06. The van der Waals surface area contributed by atoms with E-state index in [4.69, 9.17) is 4.74 Å². The molecule has 1 rings (SSSR count). The highest BCUT2D eigenvalue weighted by Gasteiger charge is 2.57. The molecule has 0 unspecified atom stereocenters. The first-order valence-electron chi connectivity index (χ1n) is 5.48. The van der Waals surface area contributed by atoms with Gasteiger partial charge >= 0.3 is 5.97 Å². The van der Waals surface area contributed by atoms with Crippen molar-refractivity contribution in [3.05, 3.63) is 0 Å². The maximum atomic E-state index is 11.7. The zero-order valence-electron chi connectivity index (χ0n) is 9.63. The largest absolute Gasteiger partial charge is 0.465 e. The zero-order chi connectivity index (χ0) is 11.5. The highest BCUT2D eigenvalue weighted by molar-refractivity contribution is 6.05. The van der Waals surface area contributed by atoms with E-state index in [1.807, 2.05) is 13.8 Å². The predicted octanol–water partition coefficient (Wildman–Crippen LogP) is 1.10. The molecule has 1 aliphatic carbocycles. The van der Waals surface area contributed by atoms with Gasteiger partial charge in [-0.2, -0.15) is 0 Å². The van der Waals surface area contributed by atoms with Gasteiger partial charge in [-0.05, 0) is 25.7 Å². The maximum Gasteiger partial charge on any atom is 0.321 e. The molecule has 0 aromatic carbocycles. The minimum Gasteiger partial charge on any atom is -0.465 e. The lowest BCUT2D eigenvalue weighted by Crippen LogP contribution is -2.39. The van der Waals surface area contributed by atoms with Crippen LogP contribution in [-0.2, 0) is 14.3 Å². The SMILES string of the molecule is CCOC(=O)C1(C(=O)NCC(C)C)CC1. The number of carbonyl (C=O) groups is 2. The van der Waals surface area contributed by atoms with E-state index in [-0.39, 0.29) is 11.9 Å². The Labute approximate surface area is 90.4 Å². The van der Waals surface area contributed by atoms with Crippen LogP contribution in [0.5, 0.6) is 0 Å². The van der Waals surface area contributed by atoms with Crippen LogP contribution in [0.3, 0.4) is 0 Å². The van der Waals surface area contributed by atoms with Crippen LogP contribution in [0.4, 0.5) is 0 Å². The van der Waals surface area contributed by atoms with Crippen molar-refractivity contribution in [1.29, 1.82) is 0 Å². The van der Waals surface area contributed by atoms with E-state index in [2.05, 4.69) is 5.32 Å². The molecule has 1 fully saturated rings. The smallest absolute Gasteiger partial charge is 0.321 e. The highest BCUT2D eigenvalue weighted by atomic mass is 16.5. The molecule has 0 aliphatic heterocycles. The third kappa shape index (κ3) is 2.70. The van der Waals surface area contributed by atoms with Gasteiger partial charge in [-0.15, -0.1) is 0 Å². The number of esters is 1. The van der Waals surface area contributed by atoms with Crippen molar-refractivity contribution in [2.75, 3.05) is 13.2 Å². The van der Waals surface area contributed by atoms with Crippen LogP contribution in [-0.4, -0.2) is 25.0 Å². The van der Waals surface area contributed by atoms with Gasteiger partial charge in [0.2, 0.25) is 5.91 Å². The Morgan fingerprint density at radius 3 is 2.40 bits per heavy atom. The molecule has 0 atom stereocenters. The zero-order valence-corrected chi connectivity index (χ0v) is 9.63. The van der Waals surface area contributed by atoms with Crippen molar-refractivity contribution >= 4 is 11.9 Å². The monoisotopic (exact) mass is 213 g/mol. The Morgan fingerprint density at radius 2 is 2.00 bits per heavy atom. The van der Waals surface area contributed by atoms with E-state index in [1.165, 1.54) is 0 Å². The molecule has 1 saturated carbocycles. The van der Waals surface area contributed by atoms with Gasteiger partial charge in [0.05, 0.1) is 6.61 Å². The van der Waals surface area contributed by atoms with Gasteiger partial charge in [0.25, 0.3) is 0 Å². The number of nitrogens with one attached hydrogen (secondary N) is 1. The summed E-state index contributed by atoms with van der Waals surface area (Å²) < 4.78 is 4.90. The topological polar surface area (TPSA) is 55.4 Å². The van der Waals surface area contributed by atoms with Crippen LogP contribution in [0.1, 0.15) is 33.6 Å². The summed E-state index contributed by atoms with van der Waals surface area (Å²) in [5.41, 5.74) is -0.856. The van der Waals surface area contributed by atoms with E-state index in [1.54, 1.807) is 6.92 Å². The van der Waals surface area contributed by atoms with Gasteiger partial charge < -0.3 is 10.1 Å². The fourth-order valence-electron chi connectivity index (χ4n) is 1.38. The van der Waals surface area contributed by atoms with Crippen molar-refractivity contribution < 1.29 is 14.3 Å². The molecule has 0 aromatic heterocycles. The fourth-order valence-corrected chi connectivity index (χ4v) is 1.38. The molecule has 0 aromatic rings. The number of hydrogen-bond donors (Lipinski definition) is 1. The fraction of sp³-hybridized carbons (Fsp3) is 0.818. The molecule has 0 heterocycles. The van der Waals surface area contributed by atoms with Crippen LogP contribution in [0.15, 0.2) is 0 Å². The second-order valence-corrected chi connectivity index (χ2v) is 4.41. The van der Waals surface area contributed by atoms with Crippen LogP contribution in [0.2, 0.25) is 0 Å². The summed E-state index contributed by atoms with van der Waals surface area (Å²) in [6.07, 6.45) is 1.24. The molecule has 0 saturated heterocycles. The number of rotatable bonds is 5. The summed E-state index contributed by atoms with van der Waals surface area (Å²) in [5, 5.41) is 2.78. The maximum absolute atomic E-state index is 11.7. The summed E-state index contributed by atoms with van der Waals surface area (Å²) in [6.45, 7) is 6.73. The molecular formula is C11H19NO3. The van der Waals surface area contributed by atoms with Crippen LogP contribution in [0, 0.1) is 11.3 Å². The first kappa shape index (κ1) is 12.0. The Morgan fingerprint density at radius 1 is 1.40 bits per heavy atom. The summed E-state index contributed by atoms with van der Waals surface area (Å²) in [5.74, 6) is -0.146. The van der Waals surface area contributed by atoms with Crippen molar-refractivity contribution in [2.24, 2.45) is 11.3 Å². The first-order chi connectivity index (χ1) is 7.03. The number of hydrogen-bond acceptors (Lipinski definition) is 3. The second kappa shape index (κ2) is 4.64. The average molecular weight is 213 g/mol. The molecular weight excluding hydrogens is 194 g/mol. The summed E-state index contributed by atoms with van der Waals surface area (Å²) >= 11 is 0. The molecule has 1 N–H and O–H groups in total. The van der Waals surface area contributed by atoms with Crippen molar-refractivity contribution in [3.63, 3.8) is 0 Å². The third-order valence-corrected chi connectivity index (χ3v) is 2.52. The highest BCUT2D eigenvalue weighted by Crippen LogP contribution is 2.47. The van der Waals surface area contributed by atoms with Gasteiger partial charge in [-0.1, -0.05) is 13.8 Å². The first-order valence-corrected chi connectivity index (χ1v) is 5.48. The minimum absolute atomic E-state index is 0.172. The van der Waals surface area contributed by atoms with E-state index in [0.717, 1.165) is 0 Å².